The number of nitrogens with one attached hydrogen (secondary N) is 2. The van der Waals surface area contributed by atoms with Crippen LogP contribution in [0.15, 0.2) is 60.7 Å². The second-order valence-electron chi connectivity index (χ2n) is 7.48. The zero-order chi connectivity index (χ0) is 22.4. The summed E-state index contributed by atoms with van der Waals surface area (Å²) in [5, 5.41) is 2.96. The van der Waals surface area contributed by atoms with Crippen LogP contribution in [0.4, 0.5) is 0 Å². The van der Waals surface area contributed by atoms with Crippen molar-refractivity contribution in [2.75, 3.05) is 6.61 Å². The molecule has 160 valence electrons. The first-order valence-electron chi connectivity index (χ1n) is 10.1. The molecule has 0 fully saturated rings. The molecule has 0 unspecified atom stereocenters. The van der Waals surface area contributed by atoms with Crippen molar-refractivity contribution in [1.29, 1.82) is 0 Å². The Kier molecular flexibility index (Phi) is 7.03. The molecule has 1 heterocycles. The summed E-state index contributed by atoms with van der Waals surface area (Å²) in [6.45, 7) is 4.44. The van der Waals surface area contributed by atoms with E-state index >= 15 is 0 Å². The molecule has 1 atom stereocenters. The second kappa shape index (κ2) is 9.89. The first-order valence-corrected chi connectivity index (χ1v) is 10.1. The zero-order valence-electron chi connectivity index (χ0n) is 17.9. The number of benzene rings is 2. The Bertz CT molecular complexity index is 1070. The Morgan fingerprint density at radius 1 is 0.968 bits per heavy atom. The molecule has 3 aromatic rings. The lowest BCUT2D eigenvalue weighted by Gasteiger charge is -2.19. The maximum absolute atomic E-state index is 12.6. The van der Waals surface area contributed by atoms with Crippen molar-refractivity contribution in [1.82, 2.24) is 10.3 Å². The molecule has 1 aromatic heterocycles. The summed E-state index contributed by atoms with van der Waals surface area (Å²) >= 11 is 0. The first-order chi connectivity index (χ1) is 14.9. The van der Waals surface area contributed by atoms with Crippen molar-refractivity contribution < 1.29 is 19.1 Å². The van der Waals surface area contributed by atoms with Crippen LogP contribution in [0.25, 0.3) is 0 Å². The maximum Gasteiger partial charge on any atom is 0.355 e. The van der Waals surface area contributed by atoms with Crippen molar-refractivity contribution >= 4 is 17.7 Å². The number of hydrogen-bond donors (Lipinski definition) is 2. The molecule has 0 spiro atoms. The Morgan fingerprint density at radius 3 is 2.16 bits per heavy atom. The van der Waals surface area contributed by atoms with Gasteiger partial charge in [0.1, 0.15) is 5.69 Å². The topological polar surface area (TPSA) is 88.3 Å². The third-order valence-corrected chi connectivity index (χ3v) is 5.15. The van der Waals surface area contributed by atoms with E-state index in [1.165, 1.54) is 6.92 Å². The smallest absolute Gasteiger partial charge is 0.355 e. The van der Waals surface area contributed by atoms with E-state index in [4.69, 9.17) is 4.74 Å². The third kappa shape index (κ3) is 5.48. The largest absolute Gasteiger partial charge is 0.451 e. The van der Waals surface area contributed by atoms with Crippen LogP contribution in [0.3, 0.4) is 0 Å². The first kappa shape index (κ1) is 22.0. The number of esters is 1. The molecule has 0 aliphatic rings. The lowest BCUT2D eigenvalue weighted by molar-refractivity contribution is -0.125. The molecule has 6 nitrogen and oxygen atoms in total. The second-order valence-corrected chi connectivity index (χ2v) is 7.48. The van der Waals surface area contributed by atoms with E-state index in [0.29, 0.717) is 23.2 Å². The Balaban J connectivity index is 1.66. The molecular formula is C25H26N2O4. The van der Waals surface area contributed by atoms with Crippen LogP contribution in [0, 0.1) is 13.8 Å². The lowest BCUT2D eigenvalue weighted by atomic mass is 9.99. The molecule has 0 radical (unpaired) electrons. The number of carbonyl (C=O) groups is 3. The zero-order valence-corrected chi connectivity index (χ0v) is 17.9. The van der Waals surface area contributed by atoms with Gasteiger partial charge < -0.3 is 15.0 Å². The van der Waals surface area contributed by atoms with Gasteiger partial charge in [0, 0.05) is 11.3 Å². The highest BCUT2D eigenvalue weighted by molar-refractivity contribution is 6.01. The Morgan fingerprint density at radius 2 is 1.58 bits per heavy atom. The Hall–Kier alpha value is -3.67. The van der Waals surface area contributed by atoms with Crippen LogP contribution in [-0.4, -0.2) is 29.3 Å². The summed E-state index contributed by atoms with van der Waals surface area (Å²) in [6, 6.07) is 19.3. The highest BCUT2D eigenvalue weighted by Gasteiger charge is 2.22. The van der Waals surface area contributed by atoms with E-state index in [9.17, 15) is 14.4 Å². The maximum atomic E-state index is 12.6. The number of ketones is 1. The molecule has 3 rings (SSSR count). The average molecular weight is 418 g/mol. The van der Waals surface area contributed by atoms with Crippen LogP contribution < -0.4 is 5.32 Å². The highest BCUT2D eigenvalue weighted by Crippen LogP contribution is 2.20. The SMILES string of the molecule is CC(=O)c1c(C)[nH]c(C(=O)OCC(=O)N[C@@H](Cc2ccccc2)c2ccccc2)c1C. The minimum Gasteiger partial charge on any atom is -0.451 e. The number of H-pyrrole nitrogens is 1. The van der Waals surface area contributed by atoms with Gasteiger partial charge in [0.2, 0.25) is 0 Å². The summed E-state index contributed by atoms with van der Waals surface area (Å²) in [5.74, 6) is -1.19. The standard InChI is InChI=1S/C25H26N2O4/c1-16-23(18(3)28)17(2)26-24(16)25(30)31-15-22(29)27-21(20-12-8-5-9-13-20)14-19-10-6-4-7-11-19/h4-13,21,26H,14-15H2,1-3H3,(H,27,29)/t21-/m0/s1. The number of rotatable bonds is 8. The predicted molar refractivity (Wildman–Crippen MR) is 118 cm³/mol. The number of aryl methyl sites for hydroxylation is 1. The molecular weight excluding hydrogens is 392 g/mol. The monoisotopic (exact) mass is 418 g/mol. The molecule has 0 aliphatic carbocycles. The van der Waals surface area contributed by atoms with Crippen LogP contribution >= 0.6 is 0 Å². The molecule has 0 aliphatic heterocycles. The highest BCUT2D eigenvalue weighted by atomic mass is 16.5. The molecule has 2 N–H and O–H groups in total. The predicted octanol–water partition coefficient (Wildman–Crippen LogP) is 4.09. The van der Waals surface area contributed by atoms with E-state index < -0.39 is 18.5 Å². The average Bonchev–Trinajstić information content (AvgIpc) is 3.07. The van der Waals surface area contributed by atoms with Gasteiger partial charge in [0.05, 0.1) is 6.04 Å². The fraction of sp³-hybridized carbons (Fsp3) is 0.240. The van der Waals surface area contributed by atoms with Gasteiger partial charge in [-0.25, -0.2) is 4.79 Å². The minimum absolute atomic E-state index is 0.130. The van der Waals surface area contributed by atoms with Gasteiger partial charge in [-0.15, -0.1) is 0 Å². The molecule has 0 saturated carbocycles. The molecule has 6 heteroatoms. The summed E-state index contributed by atoms with van der Waals surface area (Å²) in [6.07, 6.45) is 0.613. The molecule has 0 bridgehead atoms. The van der Waals surface area contributed by atoms with Crippen LogP contribution in [0.1, 0.15) is 56.2 Å². The number of ether oxygens (including phenoxy) is 1. The van der Waals surface area contributed by atoms with E-state index in [1.54, 1.807) is 13.8 Å². The summed E-state index contributed by atoms with van der Waals surface area (Å²) in [5.41, 5.74) is 3.86. The molecule has 1 amide bonds. The van der Waals surface area contributed by atoms with Crippen LogP contribution in [-0.2, 0) is 16.0 Å². The number of aromatic nitrogens is 1. The fourth-order valence-corrected chi connectivity index (χ4v) is 3.71. The normalized spacial score (nSPS) is 11.6. The van der Waals surface area contributed by atoms with E-state index in [0.717, 1.165) is 11.1 Å². The summed E-state index contributed by atoms with van der Waals surface area (Å²) in [4.78, 5) is 39.7. The third-order valence-electron chi connectivity index (χ3n) is 5.15. The van der Waals surface area contributed by atoms with Gasteiger partial charge in [-0.3, -0.25) is 9.59 Å². The molecule has 31 heavy (non-hydrogen) atoms. The number of amides is 1. The number of Topliss-reactive ketones (excluding diaryl/α,β-unsaturated/α-hetero) is 1. The van der Waals surface area contributed by atoms with Gasteiger partial charge in [-0.1, -0.05) is 60.7 Å². The lowest BCUT2D eigenvalue weighted by Crippen LogP contribution is -2.33. The van der Waals surface area contributed by atoms with Crippen LogP contribution in [0.5, 0.6) is 0 Å². The number of carbonyl (C=O) groups excluding carboxylic acids is 3. The van der Waals surface area contributed by atoms with E-state index in [2.05, 4.69) is 10.3 Å². The van der Waals surface area contributed by atoms with Crippen molar-refractivity contribution in [2.24, 2.45) is 0 Å². The summed E-state index contributed by atoms with van der Waals surface area (Å²) < 4.78 is 5.21. The van der Waals surface area contributed by atoms with Crippen LogP contribution in [0.2, 0.25) is 0 Å². The molecule has 0 saturated heterocycles. The number of aromatic amines is 1. The van der Waals surface area contributed by atoms with E-state index in [-0.39, 0.29) is 17.5 Å². The van der Waals surface area contributed by atoms with Gasteiger partial charge in [-0.2, -0.15) is 0 Å². The Labute approximate surface area is 181 Å². The van der Waals surface area contributed by atoms with Crippen molar-refractivity contribution in [3.8, 4) is 0 Å². The molecule has 2 aromatic carbocycles. The minimum atomic E-state index is -0.664. The van der Waals surface area contributed by atoms with Gasteiger partial charge in [0.15, 0.2) is 12.4 Å². The van der Waals surface area contributed by atoms with Crippen molar-refractivity contribution in [3.05, 3.63) is 94.3 Å². The fourth-order valence-electron chi connectivity index (χ4n) is 3.71. The quantitative estimate of drug-likeness (QED) is 0.426. The van der Waals surface area contributed by atoms with E-state index in [1.807, 2.05) is 60.7 Å². The van der Waals surface area contributed by atoms with Gasteiger partial charge in [0.25, 0.3) is 5.91 Å². The van der Waals surface area contributed by atoms with Gasteiger partial charge >= 0.3 is 5.97 Å². The number of hydrogen-bond acceptors (Lipinski definition) is 4. The summed E-state index contributed by atoms with van der Waals surface area (Å²) in [7, 11) is 0. The van der Waals surface area contributed by atoms with Gasteiger partial charge in [-0.05, 0) is 43.9 Å². The van der Waals surface area contributed by atoms with Crippen molar-refractivity contribution in [3.63, 3.8) is 0 Å². The van der Waals surface area contributed by atoms with Crippen molar-refractivity contribution in [2.45, 2.75) is 33.2 Å².